The Morgan fingerprint density at radius 3 is 2.74 bits per heavy atom. The second kappa shape index (κ2) is 4.92. The lowest BCUT2D eigenvalue weighted by Gasteiger charge is -2.01. The van der Waals surface area contributed by atoms with Gasteiger partial charge >= 0.3 is 12.1 Å². The van der Waals surface area contributed by atoms with Crippen LogP contribution in [0.5, 0.6) is 5.06 Å². The SMILES string of the molecule is O=C(O)c1cc(COc2cc(C(F)(F)F)cs2)on1. The molecule has 0 spiro atoms. The number of aromatic carboxylic acids is 1. The molecule has 2 aromatic rings. The number of hydrogen-bond donors (Lipinski definition) is 1. The van der Waals surface area contributed by atoms with Crippen molar-refractivity contribution in [1.82, 2.24) is 5.16 Å². The van der Waals surface area contributed by atoms with Crippen LogP contribution in [0.1, 0.15) is 21.8 Å². The van der Waals surface area contributed by atoms with Gasteiger partial charge in [0, 0.05) is 17.5 Å². The van der Waals surface area contributed by atoms with E-state index in [0.717, 1.165) is 28.8 Å². The average molecular weight is 293 g/mol. The number of nitrogens with zero attached hydrogens (tertiary/aromatic N) is 1. The van der Waals surface area contributed by atoms with Gasteiger partial charge in [-0.25, -0.2) is 4.79 Å². The van der Waals surface area contributed by atoms with E-state index in [2.05, 4.69) is 9.68 Å². The van der Waals surface area contributed by atoms with Gasteiger partial charge in [0.2, 0.25) is 0 Å². The monoisotopic (exact) mass is 293 g/mol. The summed E-state index contributed by atoms with van der Waals surface area (Å²) in [6.45, 7) is -0.196. The summed E-state index contributed by atoms with van der Waals surface area (Å²) in [7, 11) is 0. The molecule has 0 aliphatic heterocycles. The summed E-state index contributed by atoms with van der Waals surface area (Å²) >= 11 is 0.788. The molecule has 102 valence electrons. The van der Waals surface area contributed by atoms with Crippen LogP contribution in [-0.2, 0) is 12.8 Å². The van der Waals surface area contributed by atoms with E-state index < -0.39 is 17.7 Å². The maximum atomic E-state index is 12.3. The molecule has 0 fully saturated rings. The zero-order valence-electron chi connectivity index (χ0n) is 9.10. The smallest absolute Gasteiger partial charge is 0.417 e. The van der Waals surface area contributed by atoms with Crippen LogP contribution in [-0.4, -0.2) is 16.2 Å². The van der Waals surface area contributed by atoms with Crippen LogP contribution in [0.25, 0.3) is 0 Å². The van der Waals surface area contributed by atoms with Crippen molar-refractivity contribution in [3.8, 4) is 5.06 Å². The molecule has 19 heavy (non-hydrogen) atoms. The van der Waals surface area contributed by atoms with Crippen LogP contribution >= 0.6 is 11.3 Å². The van der Waals surface area contributed by atoms with Crippen LogP contribution in [0.2, 0.25) is 0 Å². The van der Waals surface area contributed by atoms with Crippen molar-refractivity contribution >= 4 is 17.3 Å². The van der Waals surface area contributed by atoms with Crippen molar-refractivity contribution in [2.45, 2.75) is 12.8 Å². The zero-order chi connectivity index (χ0) is 14.0. The molecule has 0 radical (unpaired) electrons. The average Bonchev–Trinajstić information content (AvgIpc) is 2.95. The first-order valence-corrected chi connectivity index (χ1v) is 5.71. The summed E-state index contributed by atoms with van der Waals surface area (Å²) in [4.78, 5) is 10.5. The first-order valence-electron chi connectivity index (χ1n) is 4.83. The molecule has 0 aliphatic carbocycles. The number of carboxylic acids is 1. The summed E-state index contributed by atoms with van der Waals surface area (Å²) in [5.41, 5.74) is -1.09. The van der Waals surface area contributed by atoms with Gasteiger partial charge < -0.3 is 14.4 Å². The van der Waals surface area contributed by atoms with Crippen molar-refractivity contribution in [2.75, 3.05) is 0 Å². The summed E-state index contributed by atoms with van der Waals surface area (Å²) < 4.78 is 46.6. The van der Waals surface area contributed by atoms with Gasteiger partial charge in [0.1, 0.15) is 6.61 Å². The molecular formula is C10H6F3NO4S. The zero-order valence-corrected chi connectivity index (χ0v) is 9.92. The van der Waals surface area contributed by atoms with Gasteiger partial charge in [-0.05, 0) is 0 Å². The predicted molar refractivity (Wildman–Crippen MR) is 57.1 cm³/mol. The summed E-state index contributed by atoms with van der Waals surface area (Å²) in [6.07, 6.45) is -4.42. The Kier molecular flexibility index (Phi) is 3.47. The van der Waals surface area contributed by atoms with Crippen LogP contribution in [0.4, 0.5) is 13.2 Å². The summed E-state index contributed by atoms with van der Waals surface area (Å²) in [5, 5.41) is 12.8. The molecule has 5 nitrogen and oxygen atoms in total. The lowest BCUT2D eigenvalue weighted by molar-refractivity contribution is -0.137. The van der Waals surface area contributed by atoms with Crippen molar-refractivity contribution in [3.05, 3.63) is 34.5 Å². The van der Waals surface area contributed by atoms with E-state index in [0.29, 0.717) is 0 Å². The Morgan fingerprint density at radius 1 is 1.47 bits per heavy atom. The lowest BCUT2D eigenvalue weighted by atomic mass is 10.3. The molecule has 9 heteroatoms. The number of halogens is 3. The number of aromatic nitrogens is 1. The van der Waals surface area contributed by atoms with Crippen molar-refractivity contribution in [2.24, 2.45) is 0 Å². The second-order valence-corrected chi connectivity index (χ2v) is 4.30. The first kappa shape index (κ1) is 13.4. The standard InChI is InChI=1S/C10H6F3NO4S/c11-10(12,13)5-1-8(19-4-5)17-3-6-2-7(9(15)16)14-18-6/h1-2,4H,3H2,(H,15,16). The highest BCUT2D eigenvalue weighted by Gasteiger charge is 2.31. The molecule has 0 aromatic carbocycles. The molecule has 0 atom stereocenters. The molecule has 1 N–H and O–H groups in total. The third kappa shape index (κ3) is 3.25. The normalized spacial score (nSPS) is 11.5. The number of hydrogen-bond acceptors (Lipinski definition) is 5. The fraction of sp³-hybridized carbons (Fsp3) is 0.200. The topological polar surface area (TPSA) is 72.6 Å². The van der Waals surface area contributed by atoms with Crippen LogP contribution in [0.15, 0.2) is 22.0 Å². The minimum Gasteiger partial charge on any atom is -0.476 e. The van der Waals surface area contributed by atoms with E-state index >= 15 is 0 Å². The summed E-state index contributed by atoms with van der Waals surface area (Å²) in [5.74, 6) is -1.15. The Morgan fingerprint density at radius 2 is 2.21 bits per heavy atom. The molecule has 0 aliphatic rings. The minimum atomic E-state index is -4.42. The van der Waals surface area contributed by atoms with E-state index in [1.54, 1.807) is 0 Å². The molecular weight excluding hydrogens is 287 g/mol. The van der Waals surface area contributed by atoms with Gasteiger partial charge in [-0.15, -0.1) is 11.3 Å². The lowest BCUT2D eigenvalue weighted by Crippen LogP contribution is -2.02. The highest BCUT2D eigenvalue weighted by Crippen LogP contribution is 2.35. The fourth-order valence-corrected chi connectivity index (χ4v) is 1.93. The van der Waals surface area contributed by atoms with Gasteiger partial charge in [0.25, 0.3) is 0 Å². The van der Waals surface area contributed by atoms with Gasteiger partial charge in [0.05, 0.1) is 5.56 Å². The third-order valence-corrected chi connectivity index (χ3v) is 2.88. The van der Waals surface area contributed by atoms with Crippen molar-refractivity contribution in [3.63, 3.8) is 0 Å². The van der Waals surface area contributed by atoms with E-state index in [1.165, 1.54) is 0 Å². The Balaban J connectivity index is 1.98. The van der Waals surface area contributed by atoms with Crippen LogP contribution < -0.4 is 4.74 Å². The van der Waals surface area contributed by atoms with Crippen molar-refractivity contribution in [1.29, 1.82) is 0 Å². The highest BCUT2D eigenvalue weighted by atomic mass is 32.1. The molecule has 2 aromatic heterocycles. The van der Waals surface area contributed by atoms with Gasteiger partial charge in [-0.3, -0.25) is 0 Å². The van der Waals surface area contributed by atoms with Crippen molar-refractivity contribution < 1.29 is 32.3 Å². The maximum Gasteiger partial charge on any atom is 0.417 e. The Labute approximate surface area is 108 Å². The van der Waals surface area contributed by atoms with E-state index in [4.69, 9.17) is 9.84 Å². The van der Waals surface area contributed by atoms with Gasteiger partial charge in [0.15, 0.2) is 16.5 Å². The van der Waals surface area contributed by atoms with Crippen LogP contribution in [0, 0.1) is 0 Å². The third-order valence-electron chi connectivity index (χ3n) is 2.04. The van der Waals surface area contributed by atoms with E-state index in [1.807, 2.05) is 0 Å². The highest BCUT2D eigenvalue weighted by molar-refractivity contribution is 7.12. The number of rotatable bonds is 4. The largest absolute Gasteiger partial charge is 0.476 e. The quantitative estimate of drug-likeness (QED) is 0.938. The van der Waals surface area contributed by atoms with E-state index in [9.17, 15) is 18.0 Å². The number of thiophene rings is 1. The Bertz CT molecular complexity index is 590. The molecule has 0 bridgehead atoms. The molecule has 0 saturated carbocycles. The Hall–Kier alpha value is -2.03. The molecule has 0 amide bonds. The number of alkyl halides is 3. The fourth-order valence-electron chi connectivity index (χ4n) is 1.16. The molecule has 0 saturated heterocycles. The maximum absolute atomic E-state index is 12.3. The number of carboxylic acid groups (broad SMARTS) is 1. The van der Waals surface area contributed by atoms with Crippen LogP contribution in [0.3, 0.4) is 0 Å². The van der Waals surface area contributed by atoms with E-state index in [-0.39, 0.29) is 23.1 Å². The van der Waals surface area contributed by atoms with Gasteiger partial charge in [-0.1, -0.05) is 5.16 Å². The predicted octanol–water partition coefficient (Wildman–Crippen LogP) is 3.03. The van der Waals surface area contributed by atoms with Gasteiger partial charge in [-0.2, -0.15) is 13.2 Å². The molecule has 2 heterocycles. The second-order valence-electron chi connectivity index (χ2n) is 3.42. The first-order chi connectivity index (χ1) is 8.86. The molecule has 0 unspecified atom stereocenters. The molecule has 2 rings (SSSR count). The minimum absolute atomic E-state index is 0.0561. The summed E-state index contributed by atoms with van der Waals surface area (Å²) in [6, 6.07) is 2.00. The number of carbonyl (C=O) groups is 1. The number of ether oxygens (including phenoxy) is 1.